The molecule has 0 spiro atoms. The summed E-state index contributed by atoms with van der Waals surface area (Å²) in [6, 6.07) is 13.0. The fourth-order valence-electron chi connectivity index (χ4n) is 2.45. The molecule has 1 N–H and O–H groups in total. The minimum atomic E-state index is -0.577. The van der Waals surface area contributed by atoms with Crippen LogP contribution in [0.25, 0.3) is 0 Å². The van der Waals surface area contributed by atoms with E-state index in [0.717, 1.165) is 27.8 Å². The van der Waals surface area contributed by atoms with Crippen molar-refractivity contribution in [2.75, 3.05) is 6.61 Å². The number of hydrogen-bond acceptors (Lipinski definition) is 3. The van der Waals surface area contributed by atoms with E-state index >= 15 is 0 Å². The standard InChI is InChI=1S/C18H18ClO3/c1-18(2)21-11-17(22-18)13-5-8-16(19)14(10-13)9-12-3-6-15(20)7-4-12/h3-8,10,20H,9,11H2,1-2H3. The predicted octanol–water partition coefficient (Wildman–Crippen LogP) is 4.30. The summed E-state index contributed by atoms with van der Waals surface area (Å²) in [6.07, 6.45) is 1.53. The summed E-state index contributed by atoms with van der Waals surface area (Å²) >= 11 is 6.31. The van der Waals surface area contributed by atoms with Crippen molar-refractivity contribution in [3.05, 3.63) is 70.3 Å². The average molecular weight is 318 g/mol. The minimum Gasteiger partial charge on any atom is -0.508 e. The first-order valence-corrected chi connectivity index (χ1v) is 7.56. The van der Waals surface area contributed by atoms with Crippen LogP contribution in [0.15, 0.2) is 42.5 Å². The van der Waals surface area contributed by atoms with Crippen molar-refractivity contribution in [1.29, 1.82) is 0 Å². The van der Waals surface area contributed by atoms with Crippen LogP contribution in [-0.4, -0.2) is 17.5 Å². The molecule has 0 amide bonds. The van der Waals surface area contributed by atoms with Crippen LogP contribution >= 0.6 is 11.6 Å². The van der Waals surface area contributed by atoms with Gasteiger partial charge in [0, 0.05) is 5.02 Å². The van der Waals surface area contributed by atoms with E-state index < -0.39 is 5.79 Å². The van der Waals surface area contributed by atoms with Crippen molar-refractivity contribution in [2.24, 2.45) is 0 Å². The van der Waals surface area contributed by atoms with Crippen LogP contribution in [-0.2, 0) is 15.9 Å². The van der Waals surface area contributed by atoms with Crippen molar-refractivity contribution in [3.63, 3.8) is 0 Å². The third-order valence-electron chi connectivity index (χ3n) is 3.62. The van der Waals surface area contributed by atoms with Crippen molar-refractivity contribution >= 4 is 11.6 Å². The summed E-state index contributed by atoms with van der Waals surface area (Å²) in [7, 11) is 0. The van der Waals surface area contributed by atoms with Crippen LogP contribution in [0.3, 0.4) is 0 Å². The first-order chi connectivity index (χ1) is 10.4. The van der Waals surface area contributed by atoms with E-state index in [1.165, 1.54) is 0 Å². The average Bonchev–Trinajstić information content (AvgIpc) is 2.84. The molecular formula is C18H18ClO3. The van der Waals surface area contributed by atoms with Crippen LogP contribution in [0.2, 0.25) is 5.02 Å². The fraction of sp³-hybridized carbons (Fsp3) is 0.278. The second-order valence-electron chi connectivity index (χ2n) is 5.86. The fourth-order valence-corrected chi connectivity index (χ4v) is 2.64. The zero-order chi connectivity index (χ0) is 15.7. The summed E-state index contributed by atoms with van der Waals surface area (Å²) in [4.78, 5) is 0. The van der Waals surface area contributed by atoms with Crippen molar-refractivity contribution in [2.45, 2.75) is 26.1 Å². The van der Waals surface area contributed by atoms with Crippen LogP contribution in [0.1, 0.15) is 30.5 Å². The van der Waals surface area contributed by atoms with Gasteiger partial charge in [-0.25, -0.2) is 0 Å². The Morgan fingerprint density at radius 3 is 2.50 bits per heavy atom. The lowest BCUT2D eigenvalue weighted by molar-refractivity contribution is -0.122. The molecule has 0 bridgehead atoms. The molecular weight excluding hydrogens is 300 g/mol. The van der Waals surface area contributed by atoms with Gasteiger partial charge in [-0.1, -0.05) is 35.9 Å². The van der Waals surface area contributed by atoms with Gasteiger partial charge in [-0.2, -0.15) is 0 Å². The number of phenolic OH excluding ortho intramolecular Hbond substituents is 1. The molecule has 4 heteroatoms. The molecule has 0 unspecified atom stereocenters. The lowest BCUT2D eigenvalue weighted by Gasteiger charge is -2.17. The van der Waals surface area contributed by atoms with Crippen LogP contribution in [0.4, 0.5) is 0 Å². The molecule has 22 heavy (non-hydrogen) atoms. The second kappa shape index (κ2) is 5.92. The summed E-state index contributed by atoms with van der Waals surface area (Å²) in [5.41, 5.74) is 3.10. The minimum absolute atomic E-state index is 0.262. The first-order valence-electron chi connectivity index (χ1n) is 7.18. The van der Waals surface area contributed by atoms with Gasteiger partial charge in [-0.05, 0) is 55.2 Å². The number of rotatable bonds is 3. The Kier molecular flexibility index (Phi) is 4.13. The largest absolute Gasteiger partial charge is 0.508 e. The normalized spacial score (nSPS) is 17.8. The zero-order valence-corrected chi connectivity index (χ0v) is 13.4. The molecule has 1 heterocycles. The van der Waals surface area contributed by atoms with Crippen LogP contribution in [0, 0.1) is 6.10 Å². The molecule has 1 saturated heterocycles. The van der Waals surface area contributed by atoms with Gasteiger partial charge in [0.1, 0.15) is 5.75 Å². The Bertz CT molecular complexity index is 665. The highest BCUT2D eigenvalue weighted by atomic mass is 35.5. The number of ether oxygens (including phenoxy) is 2. The Hall–Kier alpha value is -1.55. The smallest absolute Gasteiger partial charge is 0.164 e. The summed E-state index contributed by atoms with van der Waals surface area (Å²) < 4.78 is 11.4. The summed E-state index contributed by atoms with van der Waals surface area (Å²) in [6.45, 7) is 4.26. The molecule has 2 aromatic rings. The number of hydrogen-bond donors (Lipinski definition) is 1. The van der Waals surface area contributed by atoms with Crippen LogP contribution in [0.5, 0.6) is 5.75 Å². The molecule has 1 aliphatic rings. The maximum atomic E-state index is 9.35. The van der Waals surface area contributed by atoms with Gasteiger partial charge >= 0.3 is 0 Å². The maximum Gasteiger partial charge on any atom is 0.164 e. The molecule has 115 valence electrons. The van der Waals surface area contributed by atoms with Crippen molar-refractivity contribution in [3.8, 4) is 5.75 Å². The predicted molar refractivity (Wildman–Crippen MR) is 85.8 cm³/mol. The van der Waals surface area contributed by atoms with Gasteiger partial charge in [-0.15, -0.1) is 0 Å². The number of aromatic hydroxyl groups is 1. The van der Waals surface area contributed by atoms with E-state index in [1.807, 2.05) is 44.2 Å². The Labute approximate surface area is 135 Å². The maximum absolute atomic E-state index is 9.35. The SMILES string of the molecule is CC1(C)OC[C](c2ccc(Cl)c(Cc3ccc(O)cc3)c2)O1. The third kappa shape index (κ3) is 3.43. The van der Waals surface area contributed by atoms with Gasteiger partial charge in [0.2, 0.25) is 0 Å². The van der Waals surface area contributed by atoms with Crippen molar-refractivity contribution < 1.29 is 14.6 Å². The van der Waals surface area contributed by atoms with E-state index in [-0.39, 0.29) is 5.75 Å². The Balaban J connectivity index is 1.82. The molecule has 0 saturated carbocycles. The van der Waals surface area contributed by atoms with Gasteiger partial charge < -0.3 is 14.6 Å². The summed E-state index contributed by atoms with van der Waals surface area (Å²) in [5.74, 6) is -0.315. The lowest BCUT2D eigenvalue weighted by Crippen LogP contribution is -2.19. The molecule has 1 aliphatic heterocycles. The zero-order valence-electron chi connectivity index (χ0n) is 12.6. The van der Waals surface area contributed by atoms with E-state index in [2.05, 4.69) is 0 Å². The number of halogens is 1. The lowest BCUT2D eigenvalue weighted by atomic mass is 10.0. The van der Waals surface area contributed by atoms with Gasteiger partial charge in [0.15, 0.2) is 11.9 Å². The van der Waals surface area contributed by atoms with E-state index in [0.29, 0.717) is 13.0 Å². The molecule has 0 aromatic heterocycles. The molecule has 2 aromatic carbocycles. The quantitative estimate of drug-likeness (QED) is 0.917. The van der Waals surface area contributed by atoms with E-state index in [4.69, 9.17) is 21.1 Å². The highest BCUT2D eigenvalue weighted by Gasteiger charge is 2.34. The van der Waals surface area contributed by atoms with Gasteiger partial charge in [-0.3, -0.25) is 0 Å². The van der Waals surface area contributed by atoms with E-state index in [1.54, 1.807) is 12.1 Å². The first kappa shape index (κ1) is 15.3. The highest BCUT2D eigenvalue weighted by Crippen LogP contribution is 2.33. The molecule has 3 rings (SSSR count). The Morgan fingerprint density at radius 1 is 1.14 bits per heavy atom. The van der Waals surface area contributed by atoms with Crippen molar-refractivity contribution in [1.82, 2.24) is 0 Å². The molecule has 1 radical (unpaired) electrons. The number of phenols is 1. The second-order valence-corrected chi connectivity index (χ2v) is 6.27. The third-order valence-corrected chi connectivity index (χ3v) is 3.99. The monoisotopic (exact) mass is 317 g/mol. The Morgan fingerprint density at radius 2 is 1.86 bits per heavy atom. The number of benzene rings is 2. The van der Waals surface area contributed by atoms with Gasteiger partial charge in [0.05, 0.1) is 6.61 Å². The topological polar surface area (TPSA) is 38.7 Å². The molecule has 3 nitrogen and oxygen atoms in total. The summed E-state index contributed by atoms with van der Waals surface area (Å²) in [5, 5.41) is 10.1. The highest BCUT2D eigenvalue weighted by molar-refractivity contribution is 6.31. The van der Waals surface area contributed by atoms with Gasteiger partial charge in [0.25, 0.3) is 0 Å². The van der Waals surface area contributed by atoms with Crippen LogP contribution < -0.4 is 0 Å². The molecule has 0 atom stereocenters. The van der Waals surface area contributed by atoms with E-state index in [9.17, 15) is 5.11 Å². The molecule has 0 aliphatic carbocycles. The molecule has 1 fully saturated rings.